The second-order valence-electron chi connectivity index (χ2n) is 9.04. The average Bonchev–Trinajstić information content (AvgIpc) is 3.18. The van der Waals surface area contributed by atoms with Crippen LogP contribution in [-0.4, -0.2) is 42.3 Å². The fourth-order valence-electron chi connectivity index (χ4n) is 4.91. The number of benzene rings is 4. The molecule has 37 heavy (non-hydrogen) atoms. The molecule has 0 saturated carbocycles. The maximum Gasteiger partial charge on any atom is 0.259 e. The number of halogens is 1. The SMILES string of the molecule is CNC(=O)[C@@H](Cc1ccccc1)N(Cc1cccc(Cl)c1)C(=O)CN1C(=O)c2cccc3cccc1c23. The Labute approximate surface area is 220 Å². The third kappa shape index (κ3) is 4.93. The van der Waals surface area contributed by atoms with Crippen molar-refractivity contribution in [2.45, 2.75) is 19.0 Å². The average molecular weight is 512 g/mol. The summed E-state index contributed by atoms with van der Waals surface area (Å²) < 4.78 is 0. The molecule has 7 heteroatoms. The quantitative estimate of drug-likeness (QED) is 0.368. The Hall–Kier alpha value is -4.16. The first-order valence-corrected chi connectivity index (χ1v) is 12.5. The number of nitrogens with zero attached hydrogens (tertiary/aromatic N) is 2. The molecule has 1 heterocycles. The van der Waals surface area contributed by atoms with Gasteiger partial charge in [-0.05, 0) is 40.8 Å². The Morgan fingerprint density at radius 2 is 1.62 bits per heavy atom. The van der Waals surface area contributed by atoms with E-state index in [-0.39, 0.29) is 30.8 Å². The fourth-order valence-corrected chi connectivity index (χ4v) is 5.13. The standard InChI is InChI=1S/C30H26ClN3O3/c1-32-29(36)26(17-20-8-3-2-4-9-20)33(18-21-10-5-13-23(31)16-21)27(35)19-34-25-15-7-12-22-11-6-14-24(28(22)25)30(34)37/h2-16,26H,17-19H2,1H3,(H,32,36)/t26-/m1/s1. The summed E-state index contributed by atoms with van der Waals surface area (Å²) in [7, 11) is 1.56. The van der Waals surface area contributed by atoms with E-state index < -0.39 is 6.04 Å². The number of anilines is 1. The van der Waals surface area contributed by atoms with Crippen LogP contribution in [0, 0.1) is 0 Å². The molecular formula is C30H26ClN3O3. The molecule has 6 nitrogen and oxygen atoms in total. The first-order chi connectivity index (χ1) is 18.0. The van der Waals surface area contributed by atoms with Gasteiger partial charge in [-0.1, -0.05) is 78.3 Å². The molecule has 186 valence electrons. The van der Waals surface area contributed by atoms with Gasteiger partial charge in [-0.3, -0.25) is 19.3 Å². The highest BCUT2D eigenvalue weighted by Gasteiger charge is 2.35. The van der Waals surface area contributed by atoms with Gasteiger partial charge in [-0.2, -0.15) is 0 Å². The molecule has 0 aromatic heterocycles. The van der Waals surface area contributed by atoms with Gasteiger partial charge in [0.15, 0.2) is 0 Å². The summed E-state index contributed by atoms with van der Waals surface area (Å²) in [5, 5.41) is 5.04. The summed E-state index contributed by atoms with van der Waals surface area (Å²) in [6.07, 6.45) is 0.330. The Morgan fingerprint density at radius 3 is 2.35 bits per heavy atom. The maximum absolute atomic E-state index is 14.0. The van der Waals surface area contributed by atoms with Crippen molar-refractivity contribution in [3.05, 3.63) is 113 Å². The lowest BCUT2D eigenvalue weighted by molar-refractivity contribution is -0.140. The van der Waals surface area contributed by atoms with Gasteiger partial charge in [0.2, 0.25) is 11.8 Å². The first-order valence-electron chi connectivity index (χ1n) is 12.1. The molecule has 1 aliphatic rings. The molecule has 4 aromatic rings. The summed E-state index contributed by atoms with van der Waals surface area (Å²) >= 11 is 6.22. The van der Waals surface area contributed by atoms with Gasteiger partial charge in [0.1, 0.15) is 12.6 Å². The summed E-state index contributed by atoms with van der Waals surface area (Å²) in [5.41, 5.74) is 3.00. The lowest BCUT2D eigenvalue weighted by atomic mass is 10.0. The first kappa shape index (κ1) is 24.5. The van der Waals surface area contributed by atoms with Gasteiger partial charge in [-0.15, -0.1) is 0 Å². The minimum absolute atomic E-state index is 0.170. The predicted octanol–water partition coefficient (Wildman–Crippen LogP) is 4.84. The Kier molecular flexibility index (Phi) is 6.93. The molecule has 0 saturated heterocycles. The monoisotopic (exact) mass is 511 g/mol. The van der Waals surface area contributed by atoms with Crippen LogP contribution < -0.4 is 10.2 Å². The van der Waals surface area contributed by atoms with Crippen LogP contribution in [0.1, 0.15) is 21.5 Å². The van der Waals surface area contributed by atoms with Gasteiger partial charge in [-0.25, -0.2) is 0 Å². The fraction of sp³-hybridized carbons (Fsp3) is 0.167. The number of carbonyl (C=O) groups is 3. The Balaban J connectivity index is 1.50. The van der Waals surface area contributed by atoms with Crippen molar-refractivity contribution in [1.29, 1.82) is 0 Å². The van der Waals surface area contributed by atoms with Crippen LogP contribution in [0.3, 0.4) is 0 Å². The predicted molar refractivity (Wildman–Crippen MR) is 146 cm³/mol. The molecular weight excluding hydrogens is 486 g/mol. The third-order valence-corrected chi connectivity index (χ3v) is 6.94. The zero-order valence-electron chi connectivity index (χ0n) is 20.4. The van der Waals surface area contributed by atoms with E-state index in [1.165, 1.54) is 4.90 Å². The van der Waals surface area contributed by atoms with E-state index in [0.29, 0.717) is 22.7 Å². The molecule has 0 radical (unpaired) electrons. The highest BCUT2D eigenvalue weighted by atomic mass is 35.5. The number of nitrogens with one attached hydrogen (secondary N) is 1. The molecule has 4 aromatic carbocycles. The van der Waals surface area contributed by atoms with Crippen LogP contribution in [-0.2, 0) is 22.6 Å². The van der Waals surface area contributed by atoms with E-state index in [9.17, 15) is 14.4 Å². The highest BCUT2D eigenvalue weighted by Crippen LogP contribution is 2.37. The molecule has 0 unspecified atom stereocenters. The molecule has 5 rings (SSSR count). The van der Waals surface area contributed by atoms with Crippen molar-refractivity contribution < 1.29 is 14.4 Å². The van der Waals surface area contributed by atoms with Crippen molar-refractivity contribution in [2.75, 3.05) is 18.5 Å². The number of likely N-dealkylation sites (N-methyl/N-ethyl adjacent to an activating group) is 1. The highest BCUT2D eigenvalue weighted by molar-refractivity contribution is 6.30. The number of carbonyl (C=O) groups excluding carboxylic acids is 3. The number of rotatable bonds is 8. The van der Waals surface area contributed by atoms with Crippen LogP contribution in [0.2, 0.25) is 5.02 Å². The van der Waals surface area contributed by atoms with Crippen LogP contribution >= 0.6 is 11.6 Å². The van der Waals surface area contributed by atoms with E-state index >= 15 is 0 Å². The zero-order valence-corrected chi connectivity index (χ0v) is 21.1. The smallest absolute Gasteiger partial charge is 0.259 e. The molecule has 0 aliphatic carbocycles. The van der Waals surface area contributed by atoms with Crippen molar-refractivity contribution in [3.63, 3.8) is 0 Å². The third-order valence-electron chi connectivity index (χ3n) is 6.70. The summed E-state index contributed by atoms with van der Waals surface area (Å²) in [4.78, 5) is 43.5. The van der Waals surface area contributed by atoms with Crippen LogP contribution in [0.5, 0.6) is 0 Å². The largest absolute Gasteiger partial charge is 0.357 e. The van der Waals surface area contributed by atoms with Gasteiger partial charge in [0.25, 0.3) is 5.91 Å². The number of amides is 3. The number of hydrogen-bond acceptors (Lipinski definition) is 3. The Bertz CT molecular complexity index is 1480. The van der Waals surface area contributed by atoms with Gasteiger partial charge in [0, 0.05) is 36.0 Å². The van der Waals surface area contributed by atoms with E-state index in [0.717, 1.165) is 21.9 Å². The second-order valence-corrected chi connectivity index (χ2v) is 9.48. The normalized spacial score (nSPS) is 13.0. The minimum Gasteiger partial charge on any atom is -0.357 e. The van der Waals surface area contributed by atoms with Gasteiger partial charge >= 0.3 is 0 Å². The van der Waals surface area contributed by atoms with Crippen LogP contribution in [0.25, 0.3) is 10.8 Å². The van der Waals surface area contributed by atoms with Gasteiger partial charge < -0.3 is 10.2 Å². The minimum atomic E-state index is -0.783. The van der Waals surface area contributed by atoms with Crippen molar-refractivity contribution >= 4 is 45.8 Å². The van der Waals surface area contributed by atoms with Crippen LogP contribution in [0.4, 0.5) is 5.69 Å². The summed E-state index contributed by atoms with van der Waals surface area (Å²) in [6.45, 7) is -0.0149. The zero-order chi connectivity index (χ0) is 25.9. The molecule has 0 fully saturated rings. The van der Waals surface area contributed by atoms with E-state index in [1.54, 1.807) is 30.1 Å². The van der Waals surface area contributed by atoms with Crippen LogP contribution in [0.15, 0.2) is 91.0 Å². The lowest BCUT2D eigenvalue weighted by Crippen LogP contribution is -2.52. The topological polar surface area (TPSA) is 69.7 Å². The van der Waals surface area contributed by atoms with Gasteiger partial charge in [0.05, 0.1) is 5.69 Å². The molecule has 0 spiro atoms. The molecule has 1 atom stereocenters. The molecule has 0 bridgehead atoms. The summed E-state index contributed by atoms with van der Waals surface area (Å²) in [6, 6.07) is 27.3. The van der Waals surface area contributed by atoms with Crippen molar-refractivity contribution in [3.8, 4) is 0 Å². The van der Waals surface area contributed by atoms with E-state index in [2.05, 4.69) is 5.32 Å². The van der Waals surface area contributed by atoms with Crippen molar-refractivity contribution in [1.82, 2.24) is 10.2 Å². The molecule has 3 amide bonds. The maximum atomic E-state index is 14.0. The van der Waals surface area contributed by atoms with E-state index in [1.807, 2.05) is 72.8 Å². The molecule has 1 N–H and O–H groups in total. The second kappa shape index (κ2) is 10.4. The Morgan fingerprint density at radius 1 is 0.919 bits per heavy atom. The summed E-state index contributed by atoms with van der Waals surface area (Å²) in [5.74, 6) is -0.831. The number of hydrogen-bond donors (Lipinski definition) is 1. The molecule has 1 aliphatic heterocycles. The van der Waals surface area contributed by atoms with Crippen molar-refractivity contribution in [2.24, 2.45) is 0 Å². The lowest BCUT2D eigenvalue weighted by Gasteiger charge is -2.32. The van der Waals surface area contributed by atoms with E-state index in [4.69, 9.17) is 11.6 Å².